The first-order valence-corrected chi connectivity index (χ1v) is 11.5. The Bertz CT molecular complexity index is 837. The molecule has 170 valence electrons. The number of amides is 1. The molecule has 0 aliphatic carbocycles. The lowest BCUT2D eigenvalue weighted by molar-refractivity contribution is -0.127. The van der Waals surface area contributed by atoms with Gasteiger partial charge in [0.2, 0.25) is 5.91 Å². The summed E-state index contributed by atoms with van der Waals surface area (Å²) in [5, 5.41) is 8.82. The molecule has 0 spiro atoms. The number of nitrogens with one attached hydrogen (secondary N) is 2. The van der Waals surface area contributed by atoms with E-state index in [1.54, 1.807) is 25.4 Å². The highest BCUT2D eigenvalue weighted by Crippen LogP contribution is 2.30. The van der Waals surface area contributed by atoms with Crippen molar-refractivity contribution in [2.24, 2.45) is 4.99 Å². The van der Waals surface area contributed by atoms with E-state index in [1.165, 1.54) is 9.78 Å². The van der Waals surface area contributed by atoms with Gasteiger partial charge in [-0.1, -0.05) is 12.1 Å². The number of thiophene rings is 1. The Balaban J connectivity index is 2.10. The maximum atomic E-state index is 12.0. The van der Waals surface area contributed by atoms with E-state index in [2.05, 4.69) is 34.0 Å². The van der Waals surface area contributed by atoms with Gasteiger partial charge in [-0.15, -0.1) is 11.3 Å². The first-order valence-electron chi connectivity index (χ1n) is 10.6. The number of hydrogen-bond donors (Lipinski definition) is 2. The molecule has 2 aromatic rings. The lowest BCUT2D eigenvalue weighted by atomic mass is 10.1. The summed E-state index contributed by atoms with van der Waals surface area (Å²) in [4.78, 5) is 19.3. The second-order valence-electron chi connectivity index (χ2n) is 7.15. The summed E-state index contributed by atoms with van der Waals surface area (Å²) in [5.74, 6) is 2.01. The Kier molecular flexibility index (Phi) is 10.2. The zero-order chi connectivity index (χ0) is 22.6. The van der Waals surface area contributed by atoms with Crippen molar-refractivity contribution in [3.05, 3.63) is 46.2 Å². The third-order valence-corrected chi connectivity index (χ3v) is 5.47. The molecule has 1 unspecified atom stereocenters. The Morgan fingerprint density at radius 2 is 1.90 bits per heavy atom. The number of likely N-dealkylation sites (N-methyl/N-ethyl adjacent to an activating group) is 1. The fourth-order valence-corrected chi connectivity index (χ4v) is 3.53. The van der Waals surface area contributed by atoms with Gasteiger partial charge < -0.3 is 25.0 Å². The summed E-state index contributed by atoms with van der Waals surface area (Å²) in [7, 11) is 3.46. The van der Waals surface area contributed by atoms with E-state index in [0.29, 0.717) is 19.2 Å². The van der Waals surface area contributed by atoms with Gasteiger partial charge >= 0.3 is 0 Å². The van der Waals surface area contributed by atoms with Gasteiger partial charge in [0.1, 0.15) is 6.54 Å². The number of carbonyl (C=O) groups excluding carboxylic acids is 1. The normalized spacial score (nSPS) is 12.2. The van der Waals surface area contributed by atoms with Crippen molar-refractivity contribution in [3.8, 4) is 11.5 Å². The number of nitrogens with zero attached hydrogens (tertiary/aromatic N) is 2. The highest BCUT2D eigenvalue weighted by atomic mass is 32.1. The second kappa shape index (κ2) is 12.8. The van der Waals surface area contributed by atoms with Crippen molar-refractivity contribution in [3.63, 3.8) is 0 Å². The number of hydrogen-bond acceptors (Lipinski definition) is 5. The smallest absolute Gasteiger partial charge is 0.243 e. The molecule has 8 heteroatoms. The standard InChI is InChI=1S/C23H34N4O3S/c1-6-29-20-11-10-18(15-21(20)30-7-2)17(3)26-23(25-16-22(28)27(4)5)24-13-12-19-9-8-14-31-19/h8-11,14-15,17H,6-7,12-13,16H2,1-5H3,(H2,24,25,26). The van der Waals surface area contributed by atoms with E-state index < -0.39 is 0 Å². The molecular formula is C23H34N4O3S. The molecule has 0 saturated heterocycles. The number of guanidine groups is 1. The lowest BCUT2D eigenvalue weighted by Gasteiger charge is -2.20. The molecule has 31 heavy (non-hydrogen) atoms. The van der Waals surface area contributed by atoms with Crippen molar-refractivity contribution < 1.29 is 14.3 Å². The van der Waals surface area contributed by atoms with E-state index in [0.717, 1.165) is 30.0 Å². The van der Waals surface area contributed by atoms with Crippen LogP contribution in [0.4, 0.5) is 0 Å². The number of aliphatic imine (C=N–C) groups is 1. The second-order valence-corrected chi connectivity index (χ2v) is 8.18. The quantitative estimate of drug-likeness (QED) is 0.408. The van der Waals surface area contributed by atoms with Gasteiger partial charge in [-0.05, 0) is 56.3 Å². The molecule has 2 rings (SSSR count). The van der Waals surface area contributed by atoms with E-state index >= 15 is 0 Å². The molecule has 0 aliphatic heterocycles. The lowest BCUT2D eigenvalue weighted by Crippen LogP contribution is -2.40. The first-order chi connectivity index (χ1) is 14.9. The van der Waals surface area contributed by atoms with E-state index in [4.69, 9.17) is 9.47 Å². The highest BCUT2D eigenvalue weighted by Gasteiger charge is 2.13. The molecule has 0 saturated carbocycles. The minimum absolute atomic E-state index is 0.0441. The van der Waals surface area contributed by atoms with Crippen LogP contribution in [0.3, 0.4) is 0 Å². The first kappa shape index (κ1) is 24.5. The van der Waals surface area contributed by atoms with Crippen LogP contribution in [-0.4, -0.2) is 57.2 Å². The topological polar surface area (TPSA) is 75.2 Å². The van der Waals surface area contributed by atoms with Crippen molar-refractivity contribution >= 4 is 23.2 Å². The average Bonchev–Trinajstić information content (AvgIpc) is 3.26. The van der Waals surface area contributed by atoms with Crippen molar-refractivity contribution in [2.75, 3.05) is 40.4 Å². The molecule has 0 bridgehead atoms. The molecule has 1 atom stereocenters. The summed E-state index contributed by atoms with van der Waals surface area (Å²) in [6, 6.07) is 10.0. The number of rotatable bonds is 11. The van der Waals surface area contributed by atoms with Crippen LogP contribution in [0.15, 0.2) is 40.7 Å². The predicted molar refractivity (Wildman–Crippen MR) is 127 cm³/mol. The Morgan fingerprint density at radius 1 is 1.16 bits per heavy atom. The Morgan fingerprint density at radius 3 is 2.55 bits per heavy atom. The van der Waals surface area contributed by atoms with Crippen LogP contribution in [0.25, 0.3) is 0 Å². The monoisotopic (exact) mass is 446 g/mol. The van der Waals surface area contributed by atoms with Crippen molar-refractivity contribution in [1.29, 1.82) is 0 Å². The van der Waals surface area contributed by atoms with Crippen LogP contribution in [0.1, 0.15) is 37.3 Å². The van der Waals surface area contributed by atoms with Crippen molar-refractivity contribution in [2.45, 2.75) is 33.2 Å². The van der Waals surface area contributed by atoms with Gasteiger partial charge in [-0.25, -0.2) is 4.99 Å². The molecule has 1 aromatic heterocycles. The van der Waals surface area contributed by atoms with E-state index in [1.807, 2.05) is 38.1 Å². The van der Waals surface area contributed by atoms with Crippen LogP contribution >= 0.6 is 11.3 Å². The van der Waals surface area contributed by atoms with Gasteiger partial charge in [0.15, 0.2) is 17.5 Å². The van der Waals surface area contributed by atoms with Crippen molar-refractivity contribution in [1.82, 2.24) is 15.5 Å². The van der Waals surface area contributed by atoms with Gasteiger partial charge in [0, 0.05) is 25.5 Å². The molecule has 0 radical (unpaired) electrons. The van der Waals surface area contributed by atoms with Crippen LogP contribution in [0.5, 0.6) is 11.5 Å². The van der Waals surface area contributed by atoms with Gasteiger partial charge in [-0.2, -0.15) is 0 Å². The van der Waals surface area contributed by atoms with Gasteiger partial charge in [0.05, 0.1) is 19.3 Å². The molecule has 2 N–H and O–H groups in total. The van der Waals surface area contributed by atoms with Gasteiger partial charge in [-0.3, -0.25) is 4.79 Å². The third-order valence-electron chi connectivity index (χ3n) is 4.54. The fraction of sp³-hybridized carbons (Fsp3) is 0.478. The maximum Gasteiger partial charge on any atom is 0.243 e. The number of benzene rings is 1. The zero-order valence-corrected chi connectivity index (χ0v) is 19.9. The Hall–Kier alpha value is -2.74. The fourth-order valence-electron chi connectivity index (χ4n) is 2.83. The zero-order valence-electron chi connectivity index (χ0n) is 19.1. The SMILES string of the molecule is CCOc1ccc(C(C)NC(=NCC(=O)N(C)C)NCCc2cccs2)cc1OCC. The minimum atomic E-state index is -0.0493. The summed E-state index contributed by atoms with van der Waals surface area (Å²) in [6.07, 6.45) is 0.895. The van der Waals surface area contributed by atoms with Crippen LogP contribution < -0.4 is 20.1 Å². The Labute approximate surface area is 189 Å². The molecule has 0 fully saturated rings. The molecule has 7 nitrogen and oxygen atoms in total. The van der Waals surface area contributed by atoms with Crippen LogP contribution in [-0.2, 0) is 11.2 Å². The third kappa shape index (κ3) is 8.13. The summed E-state index contributed by atoms with van der Waals surface area (Å²) in [5.41, 5.74) is 1.04. The average molecular weight is 447 g/mol. The van der Waals surface area contributed by atoms with Crippen LogP contribution in [0, 0.1) is 0 Å². The molecule has 1 heterocycles. The molecule has 0 aliphatic rings. The molecule has 1 amide bonds. The molecule has 1 aromatic carbocycles. The number of carbonyl (C=O) groups is 1. The predicted octanol–water partition coefficient (Wildman–Crippen LogP) is 3.47. The molecular weight excluding hydrogens is 412 g/mol. The van der Waals surface area contributed by atoms with Gasteiger partial charge in [0.25, 0.3) is 0 Å². The van der Waals surface area contributed by atoms with E-state index in [-0.39, 0.29) is 18.5 Å². The van der Waals surface area contributed by atoms with Crippen LogP contribution in [0.2, 0.25) is 0 Å². The highest BCUT2D eigenvalue weighted by molar-refractivity contribution is 7.09. The summed E-state index contributed by atoms with van der Waals surface area (Å²) < 4.78 is 11.4. The number of ether oxygens (including phenoxy) is 2. The summed E-state index contributed by atoms with van der Waals surface area (Å²) >= 11 is 1.73. The van der Waals surface area contributed by atoms with E-state index in [9.17, 15) is 4.79 Å². The summed E-state index contributed by atoms with van der Waals surface area (Å²) in [6.45, 7) is 7.91. The maximum absolute atomic E-state index is 12.0. The minimum Gasteiger partial charge on any atom is -0.490 e. The largest absolute Gasteiger partial charge is 0.490 e.